The highest BCUT2D eigenvalue weighted by atomic mass is 32.2. The monoisotopic (exact) mass is 473 g/mol. The number of amides is 1. The molecule has 3 aliphatic rings. The van der Waals surface area contributed by atoms with Crippen LogP contribution in [0.4, 0.5) is 11.4 Å². The minimum absolute atomic E-state index is 0.0366. The van der Waals surface area contributed by atoms with Gasteiger partial charge in [0.2, 0.25) is 6.79 Å². The Labute approximate surface area is 199 Å². The number of rotatable bonds is 3. The molecule has 0 bridgehead atoms. The number of para-hydroxylation sites is 1. The summed E-state index contributed by atoms with van der Waals surface area (Å²) in [5.74, 6) is 1.34. The molecule has 3 aromatic carbocycles. The smallest absolute Gasteiger partial charge is 0.269 e. The number of aliphatic imine (C=N–C) groups is 1. The average molecular weight is 474 g/mol. The summed E-state index contributed by atoms with van der Waals surface area (Å²) in [6, 6.07) is 23.7. The van der Waals surface area contributed by atoms with Gasteiger partial charge in [-0.25, -0.2) is 4.99 Å². The van der Waals surface area contributed by atoms with Gasteiger partial charge < -0.3 is 14.4 Å². The Bertz CT molecular complexity index is 1320. The highest BCUT2D eigenvalue weighted by Crippen LogP contribution is 2.50. The van der Waals surface area contributed by atoms with E-state index in [-0.39, 0.29) is 12.7 Å². The van der Waals surface area contributed by atoms with Gasteiger partial charge in [0.25, 0.3) is 5.91 Å². The molecule has 1 amide bonds. The lowest BCUT2D eigenvalue weighted by molar-refractivity contribution is -0.122. The Morgan fingerprint density at radius 3 is 2.58 bits per heavy atom. The van der Waals surface area contributed by atoms with Crippen molar-refractivity contribution in [1.29, 1.82) is 0 Å². The fourth-order valence-electron chi connectivity index (χ4n) is 3.89. The van der Waals surface area contributed by atoms with E-state index in [1.807, 2.05) is 67.7 Å². The second-order valence-electron chi connectivity index (χ2n) is 7.67. The quantitative estimate of drug-likeness (QED) is 0.462. The van der Waals surface area contributed by atoms with Crippen molar-refractivity contribution in [3.8, 4) is 11.5 Å². The minimum atomic E-state index is -0.0366. The predicted octanol–water partition coefficient (Wildman–Crippen LogP) is 5.59. The summed E-state index contributed by atoms with van der Waals surface area (Å²) in [5, 5.41) is 1.58. The lowest BCUT2D eigenvalue weighted by Gasteiger charge is -2.17. The molecule has 1 saturated heterocycles. The molecule has 6 nitrogen and oxygen atoms in total. The van der Waals surface area contributed by atoms with Crippen molar-refractivity contribution in [3.05, 3.63) is 88.3 Å². The van der Waals surface area contributed by atoms with Gasteiger partial charge in [-0.05, 0) is 41.6 Å². The Balaban J connectivity index is 1.40. The van der Waals surface area contributed by atoms with Gasteiger partial charge in [-0.1, -0.05) is 54.2 Å². The number of fused-ring (bicyclic) bond motifs is 2. The summed E-state index contributed by atoms with van der Waals surface area (Å²) in [6.45, 7) is 0.664. The summed E-state index contributed by atoms with van der Waals surface area (Å²) >= 11 is 3.04. The maximum atomic E-state index is 13.7. The van der Waals surface area contributed by atoms with Gasteiger partial charge in [0.1, 0.15) is 4.91 Å². The van der Waals surface area contributed by atoms with Crippen molar-refractivity contribution in [2.24, 2.45) is 4.99 Å². The second kappa shape index (κ2) is 8.20. The number of amidine groups is 1. The van der Waals surface area contributed by atoms with E-state index in [1.165, 1.54) is 11.8 Å². The number of carbonyl (C=O) groups is 1. The van der Waals surface area contributed by atoms with Gasteiger partial charge in [0.15, 0.2) is 16.7 Å². The van der Waals surface area contributed by atoms with E-state index in [9.17, 15) is 4.79 Å². The maximum Gasteiger partial charge on any atom is 0.269 e. The summed E-state index contributed by atoms with van der Waals surface area (Å²) in [4.78, 5) is 24.2. The van der Waals surface area contributed by atoms with Crippen LogP contribution in [0.3, 0.4) is 0 Å². The topological polar surface area (TPSA) is 54.4 Å². The molecule has 3 heterocycles. The van der Waals surface area contributed by atoms with Gasteiger partial charge in [-0.3, -0.25) is 9.69 Å². The summed E-state index contributed by atoms with van der Waals surface area (Å²) in [5.41, 5.74) is 2.87. The van der Waals surface area contributed by atoms with E-state index < -0.39 is 0 Å². The van der Waals surface area contributed by atoms with Crippen molar-refractivity contribution in [1.82, 2.24) is 4.90 Å². The fraction of sp³-hybridized carbons (Fsp3) is 0.120. The Kier molecular flexibility index (Phi) is 5.04. The first-order chi connectivity index (χ1) is 16.2. The highest BCUT2D eigenvalue weighted by Gasteiger charge is 2.39. The van der Waals surface area contributed by atoms with Crippen molar-refractivity contribution < 1.29 is 14.3 Å². The van der Waals surface area contributed by atoms with Gasteiger partial charge in [0, 0.05) is 18.0 Å². The Morgan fingerprint density at radius 2 is 1.73 bits per heavy atom. The molecule has 0 unspecified atom stereocenters. The molecular formula is C25H19N3O3S2. The molecule has 6 rings (SSSR count). The van der Waals surface area contributed by atoms with E-state index in [0.717, 1.165) is 26.9 Å². The molecule has 0 atom stereocenters. The first-order valence-corrected chi connectivity index (χ1v) is 12.1. The van der Waals surface area contributed by atoms with Crippen LogP contribution in [0.15, 0.2) is 92.6 Å². The summed E-state index contributed by atoms with van der Waals surface area (Å²) < 4.78 is 10.9. The number of hydrogen-bond donors (Lipinski definition) is 0. The number of benzene rings is 3. The van der Waals surface area contributed by atoms with Crippen LogP contribution in [0.5, 0.6) is 11.5 Å². The van der Waals surface area contributed by atoms with E-state index in [4.69, 9.17) is 14.5 Å². The molecule has 0 spiro atoms. The molecular weight excluding hydrogens is 454 g/mol. The third-order valence-electron chi connectivity index (χ3n) is 5.56. The second-order valence-corrected chi connectivity index (χ2v) is 9.68. The largest absolute Gasteiger partial charge is 0.454 e. The van der Waals surface area contributed by atoms with Gasteiger partial charge in [-0.15, -0.1) is 0 Å². The van der Waals surface area contributed by atoms with Crippen LogP contribution in [0, 0.1) is 0 Å². The molecule has 3 aromatic rings. The van der Waals surface area contributed by atoms with Gasteiger partial charge in [-0.2, -0.15) is 0 Å². The molecule has 0 N–H and O–H groups in total. The number of thioether (sulfide) groups is 2. The van der Waals surface area contributed by atoms with Crippen molar-refractivity contribution in [2.45, 2.75) is 11.4 Å². The van der Waals surface area contributed by atoms with Crippen LogP contribution in [0.25, 0.3) is 0 Å². The predicted molar refractivity (Wildman–Crippen MR) is 132 cm³/mol. The minimum Gasteiger partial charge on any atom is -0.454 e. The molecule has 0 saturated carbocycles. The Hall–Kier alpha value is -3.36. The third-order valence-corrected chi connectivity index (χ3v) is 7.99. The third kappa shape index (κ3) is 3.65. The SMILES string of the molecule is CN1/C(=C2/S/C(=N/c3ccc4c(c3)OCO4)N(Cc3ccccc3)C2=O)Sc2ccccc21. The number of hydrogen-bond acceptors (Lipinski definition) is 7. The lowest BCUT2D eigenvalue weighted by Crippen LogP contribution is -2.29. The van der Waals surface area contributed by atoms with Gasteiger partial charge in [0.05, 0.1) is 22.9 Å². The molecule has 0 radical (unpaired) electrons. The van der Waals surface area contributed by atoms with Crippen molar-refractivity contribution >= 4 is 46.0 Å². The van der Waals surface area contributed by atoms with Crippen molar-refractivity contribution in [3.63, 3.8) is 0 Å². The highest BCUT2D eigenvalue weighted by molar-refractivity contribution is 8.19. The molecule has 0 aromatic heterocycles. The maximum absolute atomic E-state index is 13.7. The van der Waals surface area contributed by atoms with Crippen LogP contribution in [-0.4, -0.2) is 29.8 Å². The van der Waals surface area contributed by atoms with Gasteiger partial charge >= 0.3 is 0 Å². The average Bonchev–Trinajstić information content (AvgIpc) is 3.52. The van der Waals surface area contributed by atoms with Crippen LogP contribution >= 0.6 is 23.5 Å². The zero-order chi connectivity index (χ0) is 22.4. The number of nitrogens with zero attached hydrogens (tertiary/aromatic N) is 3. The van der Waals surface area contributed by atoms with Crippen molar-refractivity contribution in [2.75, 3.05) is 18.7 Å². The zero-order valence-electron chi connectivity index (χ0n) is 17.7. The molecule has 3 aliphatic heterocycles. The lowest BCUT2D eigenvalue weighted by atomic mass is 10.2. The number of carbonyl (C=O) groups excluding carboxylic acids is 1. The van der Waals surface area contributed by atoms with E-state index >= 15 is 0 Å². The Morgan fingerprint density at radius 1 is 0.939 bits per heavy atom. The molecule has 0 aliphatic carbocycles. The summed E-state index contributed by atoms with van der Waals surface area (Å²) in [6.07, 6.45) is 0. The van der Waals surface area contributed by atoms with Crippen LogP contribution in [0.1, 0.15) is 5.56 Å². The molecule has 33 heavy (non-hydrogen) atoms. The fourth-order valence-corrected chi connectivity index (χ4v) is 6.23. The van der Waals surface area contributed by atoms with E-state index in [2.05, 4.69) is 17.0 Å². The van der Waals surface area contributed by atoms with Crippen LogP contribution in [-0.2, 0) is 11.3 Å². The zero-order valence-corrected chi connectivity index (χ0v) is 19.4. The summed E-state index contributed by atoms with van der Waals surface area (Å²) in [7, 11) is 2.00. The van der Waals surface area contributed by atoms with Crippen LogP contribution < -0.4 is 14.4 Å². The van der Waals surface area contributed by atoms with E-state index in [0.29, 0.717) is 28.1 Å². The first-order valence-electron chi connectivity index (χ1n) is 10.4. The normalized spacial score (nSPS) is 20.2. The van der Waals surface area contributed by atoms with Crippen LogP contribution in [0.2, 0.25) is 0 Å². The molecule has 1 fully saturated rings. The molecule has 164 valence electrons. The number of ether oxygens (including phenoxy) is 2. The molecule has 8 heteroatoms. The van der Waals surface area contributed by atoms with E-state index in [1.54, 1.807) is 16.7 Å². The first kappa shape index (κ1) is 20.3. The number of anilines is 1. The standard InChI is InChI=1S/C25H19N3O3S2/c1-27-18-9-5-6-10-21(18)32-24(27)22-23(29)28(14-16-7-3-2-4-8-16)25(33-22)26-17-11-12-19-20(13-17)31-15-30-19/h2-13H,14-15H2,1H3/b24-22-,26-25+.